The number of rotatable bonds is 4. The molecule has 2 aromatic rings. The molecule has 2 rings (SSSR count). The van der Waals surface area contributed by atoms with Crippen molar-refractivity contribution in [3.05, 3.63) is 59.1 Å². The molecule has 98 valence electrons. The number of hydrogen-bond acceptors (Lipinski definition) is 3. The molecule has 2 heterocycles. The molecule has 4 nitrogen and oxygen atoms in total. The smallest absolute Gasteiger partial charge is 0.272 e. The third-order valence-corrected chi connectivity index (χ3v) is 2.95. The first-order chi connectivity index (χ1) is 9.16. The highest BCUT2D eigenvalue weighted by Gasteiger charge is 2.13. The van der Waals surface area contributed by atoms with Gasteiger partial charge < -0.3 is 4.90 Å². The minimum absolute atomic E-state index is 0.140. The van der Waals surface area contributed by atoms with Gasteiger partial charge in [-0.05, 0) is 24.3 Å². The van der Waals surface area contributed by atoms with E-state index in [0.717, 1.165) is 5.69 Å². The zero-order valence-corrected chi connectivity index (χ0v) is 11.3. The van der Waals surface area contributed by atoms with E-state index >= 15 is 0 Å². The Hall–Kier alpha value is -1.94. The van der Waals surface area contributed by atoms with Crippen molar-refractivity contribution in [2.75, 3.05) is 13.6 Å². The zero-order chi connectivity index (χ0) is 13.7. The van der Waals surface area contributed by atoms with Gasteiger partial charge in [0.2, 0.25) is 0 Å². The van der Waals surface area contributed by atoms with Crippen LogP contribution in [0.5, 0.6) is 0 Å². The van der Waals surface area contributed by atoms with Gasteiger partial charge >= 0.3 is 0 Å². The lowest BCUT2D eigenvalue weighted by atomic mass is 10.2. The Morgan fingerprint density at radius 1 is 1.26 bits per heavy atom. The van der Waals surface area contributed by atoms with Crippen molar-refractivity contribution >= 4 is 17.5 Å². The number of likely N-dealkylation sites (N-methyl/N-ethyl adjacent to an activating group) is 1. The molecule has 2 aromatic heterocycles. The monoisotopic (exact) mass is 275 g/mol. The number of carbonyl (C=O) groups excluding carboxylic acids is 1. The number of aromatic nitrogens is 2. The number of pyridine rings is 2. The summed E-state index contributed by atoms with van der Waals surface area (Å²) in [7, 11) is 1.74. The molecule has 0 saturated carbocycles. The molecule has 0 aromatic carbocycles. The minimum Gasteiger partial charge on any atom is -0.340 e. The van der Waals surface area contributed by atoms with Crippen molar-refractivity contribution in [3.63, 3.8) is 0 Å². The van der Waals surface area contributed by atoms with Gasteiger partial charge in [0, 0.05) is 43.1 Å². The van der Waals surface area contributed by atoms with Gasteiger partial charge in [0.05, 0.1) is 0 Å². The maximum Gasteiger partial charge on any atom is 0.272 e. The summed E-state index contributed by atoms with van der Waals surface area (Å²) in [5.74, 6) is -0.140. The lowest BCUT2D eigenvalue weighted by molar-refractivity contribution is 0.0790. The van der Waals surface area contributed by atoms with Crippen LogP contribution in [0.15, 0.2) is 42.7 Å². The number of nitrogens with zero attached hydrogens (tertiary/aromatic N) is 3. The molecule has 5 heteroatoms. The average Bonchev–Trinajstić information content (AvgIpc) is 2.45. The Labute approximate surface area is 117 Å². The summed E-state index contributed by atoms with van der Waals surface area (Å²) < 4.78 is 0. The second-order valence-corrected chi connectivity index (χ2v) is 4.59. The van der Waals surface area contributed by atoms with Gasteiger partial charge in [0.25, 0.3) is 5.91 Å². The molecule has 0 spiro atoms. The molecule has 0 aliphatic heterocycles. The van der Waals surface area contributed by atoms with Crippen LogP contribution in [-0.2, 0) is 6.42 Å². The van der Waals surface area contributed by atoms with Crippen LogP contribution >= 0.6 is 11.6 Å². The van der Waals surface area contributed by atoms with Crippen LogP contribution in [0.2, 0.25) is 5.02 Å². The number of amides is 1. The lowest BCUT2D eigenvalue weighted by Crippen LogP contribution is -2.29. The first kappa shape index (κ1) is 13.5. The molecule has 0 unspecified atom stereocenters. The fourth-order valence-electron chi connectivity index (χ4n) is 1.65. The molecule has 0 bridgehead atoms. The Morgan fingerprint density at radius 3 is 2.79 bits per heavy atom. The van der Waals surface area contributed by atoms with Crippen LogP contribution in [0.3, 0.4) is 0 Å². The SMILES string of the molecule is CN(CCc1ccccn1)C(=O)c1cc(Cl)ccn1. The predicted octanol–water partition coefficient (Wildman–Crippen LogP) is 2.44. The Bertz CT molecular complexity index is 560. The highest BCUT2D eigenvalue weighted by atomic mass is 35.5. The Morgan fingerprint density at radius 2 is 2.11 bits per heavy atom. The van der Waals surface area contributed by atoms with E-state index in [1.54, 1.807) is 30.3 Å². The van der Waals surface area contributed by atoms with Crippen LogP contribution < -0.4 is 0 Å². The van der Waals surface area contributed by atoms with Gasteiger partial charge in [-0.1, -0.05) is 17.7 Å². The van der Waals surface area contributed by atoms with Crippen molar-refractivity contribution < 1.29 is 4.79 Å². The quantitative estimate of drug-likeness (QED) is 0.861. The van der Waals surface area contributed by atoms with Crippen molar-refractivity contribution in [2.24, 2.45) is 0 Å². The number of carbonyl (C=O) groups is 1. The Kier molecular flexibility index (Phi) is 4.47. The highest BCUT2D eigenvalue weighted by Crippen LogP contribution is 2.09. The van der Waals surface area contributed by atoms with Crippen LogP contribution in [-0.4, -0.2) is 34.4 Å². The van der Waals surface area contributed by atoms with Crippen LogP contribution in [0, 0.1) is 0 Å². The number of halogens is 1. The molecule has 0 N–H and O–H groups in total. The molecular formula is C14H14ClN3O. The fraction of sp³-hybridized carbons (Fsp3) is 0.214. The molecular weight excluding hydrogens is 262 g/mol. The van der Waals surface area contributed by atoms with Gasteiger partial charge in [-0.2, -0.15) is 0 Å². The van der Waals surface area contributed by atoms with E-state index in [1.165, 1.54) is 6.20 Å². The van der Waals surface area contributed by atoms with Crippen molar-refractivity contribution in [2.45, 2.75) is 6.42 Å². The van der Waals surface area contributed by atoms with Gasteiger partial charge in [0.1, 0.15) is 5.69 Å². The lowest BCUT2D eigenvalue weighted by Gasteiger charge is -2.16. The van der Waals surface area contributed by atoms with Crippen molar-refractivity contribution in [1.82, 2.24) is 14.9 Å². The van der Waals surface area contributed by atoms with E-state index in [4.69, 9.17) is 11.6 Å². The maximum atomic E-state index is 12.1. The van der Waals surface area contributed by atoms with Gasteiger partial charge in [-0.25, -0.2) is 0 Å². The third-order valence-electron chi connectivity index (χ3n) is 2.72. The summed E-state index contributed by atoms with van der Waals surface area (Å²) in [6.45, 7) is 0.587. The van der Waals surface area contributed by atoms with Gasteiger partial charge in [0.15, 0.2) is 0 Å². The summed E-state index contributed by atoms with van der Waals surface area (Å²) in [6, 6.07) is 8.96. The fourth-order valence-corrected chi connectivity index (χ4v) is 1.81. The molecule has 0 aliphatic rings. The molecule has 0 atom stereocenters. The number of hydrogen-bond donors (Lipinski definition) is 0. The van der Waals surface area contributed by atoms with Crippen LogP contribution in [0.4, 0.5) is 0 Å². The normalized spacial score (nSPS) is 10.2. The summed E-state index contributed by atoms with van der Waals surface area (Å²) >= 11 is 5.85. The molecule has 0 aliphatic carbocycles. The predicted molar refractivity (Wildman–Crippen MR) is 74.1 cm³/mol. The standard InChI is InChI=1S/C14H14ClN3O/c1-18(9-6-12-4-2-3-7-16-12)14(19)13-10-11(15)5-8-17-13/h2-5,7-8,10H,6,9H2,1H3. The minimum atomic E-state index is -0.140. The van der Waals surface area contributed by atoms with Crippen LogP contribution in [0.1, 0.15) is 16.2 Å². The highest BCUT2D eigenvalue weighted by molar-refractivity contribution is 6.30. The third kappa shape index (κ3) is 3.76. The van der Waals surface area contributed by atoms with Gasteiger partial charge in [-0.3, -0.25) is 14.8 Å². The largest absolute Gasteiger partial charge is 0.340 e. The molecule has 0 radical (unpaired) electrons. The van der Waals surface area contributed by atoms with Crippen molar-refractivity contribution in [1.29, 1.82) is 0 Å². The maximum absolute atomic E-state index is 12.1. The first-order valence-corrected chi connectivity index (χ1v) is 6.31. The van der Waals surface area contributed by atoms with Gasteiger partial charge in [-0.15, -0.1) is 0 Å². The summed E-state index contributed by atoms with van der Waals surface area (Å²) in [5, 5.41) is 0.511. The van der Waals surface area contributed by atoms with E-state index in [-0.39, 0.29) is 5.91 Å². The van der Waals surface area contributed by atoms with Crippen LogP contribution in [0.25, 0.3) is 0 Å². The second kappa shape index (κ2) is 6.29. The van der Waals surface area contributed by atoms with E-state index < -0.39 is 0 Å². The topological polar surface area (TPSA) is 46.1 Å². The summed E-state index contributed by atoms with van der Waals surface area (Å²) in [6.07, 6.45) is 3.99. The molecule has 0 saturated heterocycles. The van der Waals surface area contributed by atoms with E-state index in [0.29, 0.717) is 23.7 Å². The summed E-state index contributed by atoms with van der Waals surface area (Å²) in [5.41, 5.74) is 1.32. The van der Waals surface area contributed by atoms with E-state index in [1.807, 2.05) is 18.2 Å². The molecule has 0 fully saturated rings. The Balaban J connectivity index is 1.96. The average molecular weight is 276 g/mol. The van der Waals surface area contributed by atoms with E-state index in [2.05, 4.69) is 9.97 Å². The zero-order valence-electron chi connectivity index (χ0n) is 10.6. The first-order valence-electron chi connectivity index (χ1n) is 5.94. The molecule has 19 heavy (non-hydrogen) atoms. The molecule has 1 amide bonds. The summed E-state index contributed by atoms with van der Waals surface area (Å²) in [4.78, 5) is 22.0. The van der Waals surface area contributed by atoms with Crippen molar-refractivity contribution in [3.8, 4) is 0 Å². The van der Waals surface area contributed by atoms with E-state index in [9.17, 15) is 4.79 Å². The second-order valence-electron chi connectivity index (χ2n) is 4.16.